The standard InChI is InChI=1S/C22H30N4O3/c1-4-25(15-17-7-8-20(28-2)21(12-17)29-3)22(27)16-26-11-10-24-14-19(26)18-6-5-9-23-13-18/h5-9,12-13,19,24H,4,10-11,14-16H2,1-3H3. The first-order valence-corrected chi connectivity index (χ1v) is 9.99. The van der Waals surface area contributed by atoms with Crippen molar-refractivity contribution in [2.75, 3.05) is 46.9 Å². The average molecular weight is 399 g/mol. The number of hydrogen-bond acceptors (Lipinski definition) is 6. The van der Waals surface area contributed by atoms with Crippen LogP contribution in [-0.4, -0.2) is 67.6 Å². The van der Waals surface area contributed by atoms with Crippen molar-refractivity contribution in [3.63, 3.8) is 0 Å². The van der Waals surface area contributed by atoms with Crippen molar-refractivity contribution in [1.82, 2.24) is 20.1 Å². The second-order valence-electron chi connectivity index (χ2n) is 7.07. The Morgan fingerprint density at radius 2 is 2.10 bits per heavy atom. The van der Waals surface area contributed by atoms with E-state index in [2.05, 4.69) is 21.3 Å². The molecule has 0 aliphatic carbocycles. The molecule has 1 aliphatic heterocycles. The monoisotopic (exact) mass is 398 g/mol. The van der Waals surface area contributed by atoms with E-state index in [1.54, 1.807) is 20.4 Å². The number of piperazine rings is 1. The zero-order chi connectivity index (χ0) is 20.6. The maximum absolute atomic E-state index is 13.1. The van der Waals surface area contributed by atoms with E-state index >= 15 is 0 Å². The molecular formula is C22H30N4O3. The SMILES string of the molecule is CCN(Cc1ccc(OC)c(OC)c1)C(=O)CN1CCNCC1c1cccnc1. The van der Waals surface area contributed by atoms with Gasteiger partial charge < -0.3 is 19.7 Å². The molecule has 156 valence electrons. The van der Waals surface area contributed by atoms with Crippen LogP contribution in [0.3, 0.4) is 0 Å². The van der Waals surface area contributed by atoms with Crippen LogP contribution in [0.2, 0.25) is 0 Å². The van der Waals surface area contributed by atoms with Gasteiger partial charge in [0, 0.05) is 51.2 Å². The summed E-state index contributed by atoms with van der Waals surface area (Å²) in [5.41, 5.74) is 2.15. The lowest BCUT2D eigenvalue weighted by Gasteiger charge is -2.37. The van der Waals surface area contributed by atoms with Gasteiger partial charge in [0.2, 0.25) is 5.91 Å². The summed E-state index contributed by atoms with van der Waals surface area (Å²) in [6, 6.07) is 9.95. The summed E-state index contributed by atoms with van der Waals surface area (Å²) in [7, 11) is 3.24. The third-order valence-corrected chi connectivity index (χ3v) is 5.32. The van der Waals surface area contributed by atoms with Crippen LogP contribution in [0.15, 0.2) is 42.7 Å². The fourth-order valence-electron chi connectivity index (χ4n) is 3.69. The molecule has 0 saturated carbocycles. The fourth-order valence-corrected chi connectivity index (χ4v) is 3.69. The molecule has 0 bridgehead atoms. The Morgan fingerprint density at radius 3 is 2.79 bits per heavy atom. The average Bonchev–Trinajstić information content (AvgIpc) is 2.78. The molecular weight excluding hydrogens is 368 g/mol. The molecule has 7 heteroatoms. The van der Waals surface area contributed by atoms with Gasteiger partial charge in [0.05, 0.1) is 20.8 Å². The molecule has 2 heterocycles. The van der Waals surface area contributed by atoms with Crippen LogP contribution in [0.25, 0.3) is 0 Å². The highest BCUT2D eigenvalue weighted by atomic mass is 16.5. The van der Waals surface area contributed by atoms with Gasteiger partial charge in [0.1, 0.15) is 0 Å². The van der Waals surface area contributed by atoms with Gasteiger partial charge in [-0.2, -0.15) is 0 Å². The molecule has 2 aromatic rings. The van der Waals surface area contributed by atoms with Crippen LogP contribution >= 0.6 is 0 Å². The number of likely N-dealkylation sites (N-methyl/N-ethyl adjacent to an activating group) is 1. The Morgan fingerprint density at radius 1 is 1.28 bits per heavy atom. The Labute approximate surface area is 172 Å². The largest absolute Gasteiger partial charge is 0.493 e. The van der Waals surface area contributed by atoms with Crippen molar-refractivity contribution in [3.8, 4) is 11.5 Å². The Bertz CT molecular complexity index is 800. The number of carbonyl (C=O) groups excluding carboxylic acids is 1. The van der Waals surface area contributed by atoms with Crippen LogP contribution in [0, 0.1) is 0 Å². The molecule has 1 aliphatic rings. The number of amides is 1. The maximum Gasteiger partial charge on any atom is 0.237 e. The van der Waals surface area contributed by atoms with E-state index in [-0.39, 0.29) is 11.9 Å². The van der Waals surface area contributed by atoms with Gasteiger partial charge >= 0.3 is 0 Å². The summed E-state index contributed by atoms with van der Waals surface area (Å²) in [5, 5.41) is 3.42. The molecule has 29 heavy (non-hydrogen) atoms. The Balaban J connectivity index is 1.69. The number of carbonyl (C=O) groups is 1. The van der Waals surface area contributed by atoms with Gasteiger partial charge in [0.25, 0.3) is 0 Å². The number of ether oxygens (including phenoxy) is 2. The van der Waals surface area contributed by atoms with Gasteiger partial charge in [-0.05, 0) is 36.2 Å². The lowest BCUT2D eigenvalue weighted by molar-refractivity contribution is -0.133. The molecule has 1 saturated heterocycles. The van der Waals surface area contributed by atoms with Crippen LogP contribution < -0.4 is 14.8 Å². The first-order chi connectivity index (χ1) is 14.2. The van der Waals surface area contributed by atoms with Gasteiger partial charge in [-0.3, -0.25) is 14.7 Å². The van der Waals surface area contributed by atoms with E-state index in [4.69, 9.17) is 9.47 Å². The third-order valence-electron chi connectivity index (χ3n) is 5.32. The number of nitrogens with zero attached hydrogens (tertiary/aromatic N) is 3. The highest BCUT2D eigenvalue weighted by Crippen LogP contribution is 2.28. The molecule has 0 radical (unpaired) electrons. The lowest BCUT2D eigenvalue weighted by atomic mass is 10.1. The highest BCUT2D eigenvalue weighted by molar-refractivity contribution is 5.78. The smallest absolute Gasteiger partial charge is 0.237 e. The van der Waals surface area contributed by atoms with E-state index in [1.165, 1.54) is 0 Å². The zero-order valence-electron chi connectivity index (χ0n) is 17.4. The van der Waals surface area contributed by atoms with Crippen molar-refractivity contribution in [2.45, 2.75) is 19.5 Å². The number of nitrogens with one attached hydrogen (secondary N) is 1. The second kappa shape index (κ2) is 10.2. The molecule has 1 aromatic heterocycles. The molecule has 0 spiro atoms. The van der Waals surface area contributed by atoms with Gasteiger partial charge in [0.15, 0.2) is 11.5 Å². The first kappa shape index (κ1) is 21.1. The third kappa shape index (κ3) is 5.25. The Hall–Kier alpha value is -2.64. The molecule has 1 unspecified atom stereocenters. The molecule has 7 nitrogen and oxygen atoms in total. The summed E-state index contributed by atoms with van der Waals surface area (Å²) < 4.78 is 10.7. The summed E-state index contributed by atoms with van der Waals surface area (Å²) in [6.07, 6.45) is 3.66. The zero-order valence-corrected chi connectivity index (χ0v) is 17.4. The fraction of sp³-hybridized carbons (Fsp3) is 0.455. The minimum Gasteiger partial charge on any atom is -0.493 e. The topological polar surface area (TPSA) is 66.9 Å². The van der Waals surface area contributed by atoms with E-state index in [1.807, 2.05) is 42.3 Å². The second-order valence-corrected chi connectivity index (χ2v) is 7.07. The van der Waals surface area contributed by atoms with E-state index in [0.29, 0.717) is 31.1 Å². The molecule has 1 aromatic carbocycles. The van der Waals surface area contributed by atoms with Gasteiger partial charge in [-0.25, -0.2) is 0 Å². The predicted octanol–water partition coefficient (Wildman–Crippen LogP) is 2.09. The van der Waals surface area contributed by atoms with E-state index < -0.39 is 0 Å². The number of rotatable bonds is 8. The van der Waals surface area contributed by atoms with Crippen molar-refractivity contribution in [1.29, 1.82) is 0 Å². The van der Waals surface area contributed by atoms with Crippen LogP contribution in [0.5, 0.6) is 11.5 Å². The number of hydrogen-bond donors (Lipinski definition) is 1. The van der Waals surface area contributed by atoms with Crippen molar-refractivity contribution >= 4 is 5.91 Å². The van der Waals surface area contributed by atoms with Gasteiger partial charge in [-0.15, -0.1) is 0 Å². The lowest BCUT2D eigenvalue weighted by Crippen LogP contribution is -2.50. The summed E-state index contributed by atoms with van der Waals surface area (Å²) in [6.45, 7) is 6.12. The number of aromatic nitrogens is 1. The van der Waals surface area contributed by atoms with E-state index in [9.17, 15) is 4.79 Å². The number of methoxy groups -OCH3 is 2. The maximum atomic E-state index is 13.1. The molecule has 1 atom stereocenters. The minimum atomic E-state index is 0.123. The predicted molar refractivity (Wildman–Crippen MR) is 112 cm³/mol. The highest BCUT2D eigenvalue weighted by Gasteiger charge is 2.27. The van der Waals surface area contributed by atoms with Gasteiger partial charge in [-0.1, -0.05) is 12.1 Å². The first-order valence-electron chi connectivity index (χ1n) is 9.99. The quantitative estimate of drug-likeness (QED) is 0.735. The summed E-state index contributed by atoms with van der Waals surface area (Å²) in [4.78, 5) is 21.5. The summed E-state index contributed by atoms with van der Waals surface area (Å²) >= 11 is 0. The van der Waals surface area contributed by atoms with Crippen molar-refractivity contribution in [3.05, 3.63) is 53.9 Å². The van der Waals surface area contributed by atoms with Crippen LogP contribution in [0.4, 0.5) is 0 Å². The number of pyridine rings is 1. The molecule has 1 amide bonds. The normalized spacial score (nSPS) is 17.0. The minimum absolute atomic E-state index is 0.123. The molecule has 1 fully saturated rings. The van der Waals surface area contributed by atoms with Crippen molar-refractivity contribution in [2.24, 2.45) is 0 Å². The van der Waals surface area contributed by atoms with Crippen molar-refractivity contribution < 1.29 is 14.3 Å². The number of benzene rings is 1. The Kier molecular flexibility index (Phi) is 7.43. The molecule has 1 N–H and O–H groups in total. The van der Waals surface area contributed by atoms with Crippen LogP contribution in [-0.2, 0) is 11.3 Å². The van der Waals surface area contributed by atoms with Crippen LogP contribution in [0.1, 0.15) is 24.1 Å². The summed E-state index contributed by atoms with van der Waals surface area (Å²) in [5.74, 6) is 1.48. The van der Waals surface area contributed by atoms with E-state index in [0.717, 1.165) is 30.8 Å². The molecule has 3 rings (SSSR count).